The first-order chi connectivity index (χ1) is 20.3. The molecule has 0 radical (unpaired) electrons. The second-order valence-corrected chi connectivity index (χ2v) is 12.9. The number of ether oxygens (including phenoxy) is 3. The molecule has 1 N–H and O–H groups in total. The van der Waals surface area contributed by atoms with Gasteiger partial charge in [-0.1, -0.05) is 24.3 Å². The number of hydrogen-bond acceptors (Lipinski definition) is 5. The van der Waals surface area contributed by atoms with Crippen LogP contribution in [0.25, 0.3) is 0 Å². The number of aliphatic carboxylic acids is 1. The first-order valence-electron chi connectivity index (χ1n) is 15.4. The predicted molar refractivity (Wildman–Crippen MR) is 160 cm³/mol. The molecule has 2 aromatic carbocycles. The topological polar surface area (TPSA) is 68.2 Å². The Hall–Kier alpha value is -2.78. The number of carboxylic acid groups (broad SMARTS) is 1. The van der Waals surface area contributed by atoms with Gasteiger partial charge in [-0.25, -0.2) is 0 Å². The van der Waals surface area contributed by atoms with Gasteiger partial charge in [0.05, 0.1) is 25.2 Å². The highest BCUT2D eigenvalue weighted by molar-refractivity contribution is 5.67. The van der Waals surface area contributed by atoms with E-state index >= 15 is 0 Å². The Morgan fingerprint density at radius 2 is 1.65 bits per heavy atom. The molecule has 0 spiro atoms. The van der Waals surface area contributed by atoms with Crippen LogP contribution in [0, 0.1) is 5.92 Å². The summed E-state index contributed by atoms with van der Waals surface area (Å²) in [5.41, 5.74) is 1.55. The number of nitrogens with zero attached hydrogens (tertiary/aromatic N) is 1. The highest BCUT2D eigenvalue weighted by Crippen LogP contribution is 2.44. The lowest BCUT2D eigenvalue weighted by Crippen LogP contribution is -2.45. The minimum atomic E-state index is -4.23. The number of halogens is 3. The second-order valence-electron chi connectivity index (χ2n) is 12.9. The summed E-state index contributed by atoms with van der Waals surface area (Å²) in [6, 6.07) is 15.7. The van der Waals surface area contributed by atoms with Crippen molar-refractivity contribution in [1.82, 2.24) is 4.90 Å². The maximum absolute atomic E-state index is 13.3. The number of benzene rings is 2. The van der Waals surface area contributed by atoms with Gasteiger partial charge in [0.25, 0.3) is 0 Å². The van der Waals surface area contributed by atoms with Gasteiger partial charge in [-0.3, -0.25) is 9.69 Å². The van der Waals surface area contributed by atoms with E-state index in [2.05, 4.69) is 26.0 Å². The molecule has 1 heterocycles. The third-order valence-corrected chi connectivity index (χ3v) is 9.05. The smallest absolute Gasteiger partial charge is 0.390 e. The van der Waals surface area contributed by atoms with E-state index in [1.807, 2.05) is 41.3 Å². The third-order valence-electron chi connectivity index (χ3n) is 9.05. The zero-order valence-electron chi connectivity index (χ0n) is 25.6. The molecule has 0 aromatic heterocycles. The van der Waals surface area contributed by atoms with E-state index in [4.69, 9.17) is 19.3 Å². The molecule has 9 heteroatoms. The Bertz CT molecular complexity index is 1160. The number of alkyl halides is 3. The number of hydrogen-bond donors (Lipinski definition) is 1. The van der Waals surface area contributed by atoms with Crippen LogP contribution in [-0.2, 0) is 21.5 Å². The highest BCUT2D eigenvalue weighted by atomic mass is 19.4. The van der Waals surface area contributed by atoms with Gasteiger partial charge in [0.2, 0.25) is 0 Å². The van der Waals surface area contributed by atoms with Crippen LogP contribution >= 0.6 is 0 Å². The molecule has 2 aromatic rings. The van der Waals surface area contributed by atoms with E-state index in [0.29, 0.717) is 19.7 Å². The first kappa shape index (κ1) is 33.1. The SMILES string of the molecule is COc1ccc(C2(CCN(CCC(F)(F)F)Cc3ccc(OC4CCC(CC(=O)O)CC4)cc3)CCOC(C)(C)C2)cc1. The molecule has 1 unspecified atom stereocenters. The van der Waals surface area contributed by atoms with Crippen molar-refractivity contribution in [1.29, 1.82) is 0 Å². The minimum Gasteiger partial charge on any atom is -0.497 e. The second kappa shape index (κ2) is 14.3. The Labute approximate surface area is 253 Å². The Morgan fingerprint density at radius 1 is 1.00 bits per heavy atom. The Balaban J connectivity index is 1.42. The molecule has 2 aliphatic rings. The molecule has 1 saturated carbocycles. The van der Waals surface area contributed by atoms with E-state index in [-0.39, 0.29) is 36.0 Å². The van der Waals surface area contributed by atoms with Crippen LogP contribution in [0.15, 0.2) is 48.5 Å². The average Bonchev–Trinajstić information content (AvgIpc) is 2.95. The van der Waals surface area contributed by atoms with Gasteiger partial charge in [0, 0.05) is 31.5 Å². The standard InChI is InChI=1S/C34H46F3NO5/c1-32(2)24-33(18-21-42-32,27-8-14-28(41-3)15-9-27)16-19-38(20-17-34(35,36)37)23-26-6-12-30(13-7-26)43-29-10-4-25(5-11-29)22-31(39)40/h6-9,12-15,25,29H,4-5,10-11,16-24H2,1-3H3,(H,39,40). The minimum absolute atomic E-state index is 0.0528. The van der Waals surface area contributed by atoms with E-state index in [9.17, 15) is 18.0 Å². The van der Waals surface area contributed by atoms with Crippen molar-refractivity contribution in [3.8, 4) is 11.5 Å². The van der Waals surface area contributed by atoms with Gasteiger partial charge >= 0.3 is 12.1 Å². The van der Waals surface area contributed by atoms with Crippen molar-refractivity contribution in [2.24, 2.45) is 5.92 Å². The molecule has 1 aliphatic heterocycles. The van der Waals surface area contributed by atoms with Gasteiger partial charge in [-0.05, 0) is 107 Å². The molecule has 1 saturated heterocycles. The average molecular weight is 606 g/mol. The maximum Gasteiger partial charge on any atom is 0.390 e. The van der Waals surface area contributed by atoms with Crippen LogP contribution in [0.2, 0.25) is 0 Å². The normalized spacial score (nSPS) is 24.1. The van der Waals surface area contributed by atoms with E-state index in [0.717, 1.165) is 62.0 Å². The lowest BCUT2D eigenvalue weighted by atomic mass is 9.67. The number of carbonyl (C=O) groups is 1. The Kier molecular flexibility index (Phi) is 11.0. The summed E-state index contributed by atoms with van der Waals surface area (Å²) in [7, 11) is 1.63. The van der Waals surface area contributed by atoms with Crippen LogP contribution in [0.5, 0.6) is 11.5 Å². The summed E-state index contributed by atoms with van der Waals surface area (Å²) in [6.07, 6.45) is 0.799. The van der Waals surface area contributed by atoms with Gasteiger partial charge < -0.3 is 19.3 Å². The molecule has 1 atom stereocenters. The van der Waals surface area contributed by atoms with E-state index < -0.39 is 18.6 Å². The molecule has 43 heavy (non-hydrogen) atoms. The quantitative estimate of drug-likeness (QED) is 0.252. The van der Waals surface area contributed by atoms with Crippen molar-refractivity contribution in [3.63, 3.8) is 0 Å². The van der Waals surface area contributed by atoms with Crippen molar-refractivity contribution in [2.45, 2.75) is 101 Å². The molecule has 238 valence electrons. The van der Waals surface area contributed by atoms with Gasteiger partial charge in [0.1, 0.15) is 11.5 Å². The van der Waals surface area contributed by atoms with Gasteiger partial charge in [-0.2, -0.15) is 13.2 Å². The van der Waals surface area contributed by atoms with Crippen LogP contribution in [0.1, 0.15) is 82.8 Å². The number of carboxylic acids is 1. The summed E-state index contributed by atoms with van der Waals surface area (Å²) in [5.74, 6) is 0.959. The van der Waals surface area contributed by atoms with Crippen molar-refractivity contribution in [2.75, 3.05) is 26.8 Å². The lowest BCUT2D eigenvalue weighted by Gasteiger charge is -2.46. The van der Waals surface area contributed by atoms with Crippen LogP contribution in [0.4, 0.5) is 13.2 Å². The molecule has 0 bridgehead atoms. The maximum atomic E-state index is 13.3. The van der Waals surface area contributed by atoms with Crippen LogP contribution < -0.4 is 9.47 Å². The molecular weight excluding hydrogens is 559 g/mol. The lowest BCUT2D eigenvalue weighted by molar-refractivity contribution is -0.139. The molecular formula is C34H46F3NO5. The summed E-state index contributed by atoms with van der Waals surface area (Å²) >= 11 is 0. The zero-order valence-corrected chi connectivity index (χ0v) is 25.6. The fraction of sp³-hybridized carbons (Fsp3) is 0.618. The van der Waals surface area contributed by atoms with Crippen LogP contribution in [-0.4, -0.2) is 60.7 Å². The largest absolute Gasteiger partial charge is 0.497 e. The fourth-order valence-electron chi connectivity index (χ4n) is 6.78. The predicted octanol–water partition coefficient (Wildman–Crippen LogP) is 7.78. The summed E-state index contributed by atoms with van der Waals surface area (Å²) in [6.45, 7) is 5.63. The van der Waals surface area contributed by atoms with Crippen LogP contribution in [0.3, 0.4) is 0 Å². The Morgan fingerprint density at radius 3 is 2.23 bits per heavy atom. The molecule has 4 rings (SSSR count). The van der Waals surface area contributed by atoms with Gasteiger partial charge in [-0.15, -0.1) is 0 Å². The monoisotopic (exact) mass is 605 g/mol. The first-order valence-corrected chi connectivity index (χ1v) is 15.4. The molecule has 6 nitrogen and oxygen atoms in total. The highest BCUT2D eigenvalue weighted by Gasteiger charge is 2.42. The van der Waals surface area contributed by atoms with Crippen molar-refractivity contribution >= 4 is 5.97 Å². The number of methoxy groups -OCH3 is 1. The fourth-order valence-corrected chi connectivity index (χ4v) is 6.78. The van der Waals surface area contributed by atoms with Crippen molar-refractivity contribution < 1.29 is 37.3 Å². The van der Waals surface area contributed by atoms with E-state index in [1.165, 1.54) is 5.56 Å². The molecule has 0 amide bonds. The van der Waals surface area contributed by atoms with Crippen molar-refractivity contribution in [3.05, 3.63) is 59.7 Å². The summed E-state index contributed by atoms with van der Waals surface area (Å²) in [5, 5.41) is 9.03. The summed E-state index contributed by atoms with van der Waals surface area (Å²) in [4.78, 5) is 12.9. The number of rotatable bonds is 13. The molecule has 1 aliphatic carbocycles. The summed E-state index contributed by atoms with van der Waals surface area (Å²) < 4.78 is 57.5. The van der Waals surface area contributed by atoms with E-state index in [1.54, 1.807) is 7.11 Å². The van der Waals surface area contributed by atoms with Gasteiger partial charge in [0.15, 0.2) is 0 Å². The zero-order chi connectivity index (χ0) is 31.1. The molecule has 2 fully saturated rings. The third kappa shape index (κ3) is 10.1.